The molecule has 0 fully saturated rings. The summed E-state index contributed by atoms with van der Waals surface area (Å²) in [5.41, 5.74) is 5.59. The van der Waals surface area contributed by atoms with E-state index < -0.39 is 12.0 Å². The predicted molar refractivity (Wildman–Crippen MR) is 51.7 cm³/mol. The van der Waals surface area contributed by atoms with E-state index in [-0.39, 0.29) is 17.4 Å². The number of aromatic nitrogens is 1. The van der Waals surface area contributed by atoms with Crippen molar-refractivity contribution in [3.05, 3.63) is 16.0 Å². The van der Waals surface area contributed by atoms with Gasteiger partial charge in [0.05, 0.1) is 12.3 Å². The number of nitrogens with two attached hydrogens (primary N) is 1. The van der Waals surface area contributed by atoms with Crippen LogP contribution in [0.25, 0.3) is 0 Å². The number of nitrogen functional groups attached to an aromatic ring is 1. The maximum Gasteiger partial charge on any atom is 0.340 e. The van der Waals surface area contributed by atoms with Crippen LogP contribution in [0.1, 0.15) is 18.7 Å². The Morgan fingerprint density at radius 1 is 1.86 bits per heavy atom. The molecule has 1 aromatic heterocycles. The fraction of sp³-hybridized carbons (Fsp3) is 0.429. The number of nitroso groups, excluding NO2 is 1. The summed E-state index contributed by atoms with van der Waals surface area (Å²) in [6, 6.07) is -1.21. The van der Waals surface area contributed by atoms with Gasteiger partial charge in [0, 0.05) is 5.38 Å². The Morgan fingerprint density at radius 2 is 2.57 bits per heavy atom. The van der Waals surface area contributed by atoms with Gasteiger partial charge in [0.25, 0.3) is 0 Å². The van der Waals surface area contributed by atoms with Crippen molar-refractivity contribution in [2.75, 3.05) is 12.3 Å². The van der Waals surface area contributed by atoms with Crippen molar-refractivity contribution in [2.45, 2.75) is 13.0 Å². The molecular formula is C7H9N3O3S. The van der Waals surface area contributed by atoms with Crippen molar-refractivity contribution < 1.29 is 9.53 Å². The molecule has 76 valence electrons. The topological polar surface area (TPSA) is 94.6 Å². The molecular weight excluding hydrogens is 206 g/mol. The number of rotatable bonds is 4. The number of thiazole rings is 1. The summed E-state index contributed by atoms with van der Waals surface area (Å²) < 4.78 is 4.65. The zero-order valence-corrected chi connectivity index (χ0v) is 8.28. The molecule has 6 nitrogen and oxygen atoms in total. The molecule has 0 radical (unpaired) electrons. The summed E-state index contributed by atoms with van der Waals surface area (Å²) in [4.78, 5) is 25.4. The maximum absolute atomic E-state index is 11.2. The van der Waals surface area contributed by atoms with E-state index in [0.717, 1.165) is 11.3 Å². The first-order valence-electron chi connectivity index (χ1n) is 3.89. The van der Waals surface area contributed by atoms with E-state index in [1.807, 2.05) is 0 Å². The lowest BCUT2D eigenvalue weighted by molar-refractivity contribution is -0.144. The number of hydrogen-bond acceptors (Lipinski definition) is 7. The third-order valence-electron chi connectivity index (χ3n) is 1.44. The molecule has 0 aliphatic rings. The SMILES string of the molecule is CCOC(=O)C(N=O)c1csc(N)n1. The number of hydrogen-bond donors (Lipinski definition) is 1. The van der Waals surface area contributed by atoms with Gasteiger partial charge in [-0.05, 0) is 12.1 Å². The van der Waals surface area contributed by atoms with Crippen LogP contribution in [0.5, 0.6) is 0 Å². The van der Waals surface area contributed by atoms with Gasteiger partial charge in [0.15, 0.2) is 5.13 Å². The van der Waals surface area contributed by atoms with Crippen LogP contribution in [0.15, 0.2) is 10.6 Å². The minimum atomic E-state index is -1.21. The van der Waals surface area contributed by atoms with Crippen LogP contribution in [0.3, 0.4) is 0 Å². The van der Waals surface area contributed by atoms with Crippen LogP contribution in [0.4, 0.5) is 5.13 Å². The largest absolute Gasteiger partial charge is 0.464 e. The lowest BCUT2D eigenvalue weighted by Gasteiger charge is -2.04. The van der Waals surface area contributed by atoms with E-state index in [0.29, 0.717) is 0 Å². The van der Waals surface area contributed by atoms with Crippen molar-refractivity contribution >= 4 is 22.4 Å². The van der Waals surface area contributed by atoms with Gasteiger partial charge in [-0.15, -0.1) is 16.2 Å². The molecule has 1 rings (SSSR count). The maximum atomic E-state index is 11.2. The molecule has 7 heteroatoms. The van der Waals surface area contributed by atoms with Crippen molar-refractivity contribution in [1.82, 2.24) is 4.98 Å². The van der Waals surface area contributed by atoms with Gasteiger partial charge in [-0.25, -0.2) is 9.78 Å². The van der Waals surface area contributed by atoms with Gasteiger partial charge in [0.1, 0.15) is 0 Å². The number of nitrogens with zero attached hydrogens (tertiary/aromatic N) is 2. The molecule has 0 amide bonds. The minimum Gasteiger partial charge on any atom is -0.464 e. The molecule has 0 bridgehead atoms. The second-order valence-corrected chi connectivity index (χ2v) is 3.26. The monoisotopic (exact) mass is 215 g/mol. The molecule has 0 saturated heterocycles. The quantitative estimate of drug-likeness (QED) is 0.599. The molecule has 1 aromatic rings. The Morgan fingerprint density at radius 3 is 3.00 bits per heavy atom. The standard InChI is InChI=1S/C7H9N3O3S/c1-2-13-6(11)5(10-12)4-3-14-7(8)9-4/h3,5H,2H2,1H3,(H2,8,9). The van der Waals surface area contributed by atoms with Crippen molar-refractivity contribution in [1.29, 1.82) is 0 Å². The first kappa shape index (κ1) is 10.6. The molecule has 0 aliphatic heterocycles. The van der Waals surface area contributed by atoms with Gasteiger partial charge in [-0.3, -0.25) is 0 Å². The third-order valence-corrected chi connectivity index (χ3v) is 2.13. The highest BCUT2D eigenvalue weighted by molar-refractivity contribution is 7.13. The van der Waals surface area contributed by atoms with Crippen molar-refractivity contribution in [3.8, 4) is 0 Å². The highest BCUT2D eigenvalue weighted by atomic mass is 32.1. The fourth-order valence-corrected chi connectivity index (χ4v) is 1.45. The summed E-state index contributed by atoms with van der Waals surface area (Å²) >= 11 is 1.14. The van der Waals surface area contributed by atoms with Gasteiger partial charge < -0.3 is 10.5 Å². The van der Waals surface area contributed by atoms with Gasteiger partial charge in [0.2, 0.25) is 6.04 Å². The van der Waals surface area contributed by atoms with Crippen molar-refractivity contribution in [2.24, 2.45) is 5.18 Å². The average Bonchev–Trinajstić information content (AvgIpc) is 2.54. The van der Waals surface area contributed by atoms with Gasteiger partial charge in [-0.2, -0.15) is 0 Å². The lowest BCUT2D eigenvalue weighted by atomic mass is 10.2. The van der Waals surface area contributed by atoms with Crippen LogP contribution in [0, 0.1) is 4.91 Å². The van der Waals surface area contributed by atoms with Gasteiger partial charge >= 0.3 is 5.97 Å². The van der Waals surface area contributed by atoms with E-state index in [9.17, 15) is 9.70 Å². The second kappa shape index (κ2) is 4.66. The Hall–Kier alpha value is -1.50. The molecule has 0 saturated carbocycles. The first-order valence-corrected chi connectivity index (χ1v) is 4.77. The molecule has 2 N–H and O–H groups in total. The second-order valence-electron chi connectivity index (χ2n) is 2.37. The Balaban J connectivity index is 2.81. The number of carbonyl (C=O) groups excluding carboxylic acids is 1. The number of carbonyl (C=O) groups is 1. The van der Waals surface area contributed by atoms with Crippen molar-refractivity contribution in [3.63, 3.8) is 0 Å². The van der Waals surface area contributed by atoms with E-state index in [1.165, 1.54) is 5.38 Å². The highest BCUT2D eigenvalue weighted by Crippen LogP contribution is 2.22. The van der Waals surface area contributed by atoms with E-state index in [1.54, 1.807) is 6.92 Å². The average molecular weight is 215 g/mol. The Labute approximate surface area is 84.1 Å². The summed E-state index contributed by atoms with van der Waals surface area (Å²) in [5, 5.41) is 4.46. The molecule has 14 heavy (non-hydrogen) atoms. The summed E-state index contributed by atoms with van der Waals surface area (Å²) in [5.74, 6) is -0.701. The fourth-order valence-electron chi connectivity index (χ4n) is 0.865. The highest BCUT2D eigenvalue weighted by Gasteiger charge is 2.25. The molecule has 0 aromatic carbocycles. The van der Waals surface area contributed by atoms with Crippen LogP contribution >= 0.6 is 11.3 Å². The number of esters is 1. The predicted octanol–water partition coefficient (Wildman–Crippen LogP) is 1.10. The van der Waals surface area contributed by atoms with Crippen LogP contribution in [0.2, 0.25) is 0 Å². The molecule has 0 spiro atoms. The smallest absolute Gasteiger partial charge is 0.340 e. The molecule has 1 atom stereocenters. The van der Waals surface area contributed by atoms with Gasteiger partial charge in [-0.1, -0.05) is 0 Å². The van der Waals surface area contributed by atoms with E-state index in [4.69, 9.17) is 5.73 Å². The van der Waals surface area contributed by atoms with Crippen LogP contribution in [-0.4, -0.2) is 17.6 Å². The summed E-state index contributed by atoms with van der Waals surface area (Å²) in [7, 11) is 0. The molecule has 0 aliphatic carbocycles. The summed E-state index contributed by atoms with van der Waals surface area (Å²) in [6.45, 7) is 1.85. The van der Waals surface area contributed by atoms with E-state index >= 15 is 0 Å². The zero-order valence-electron chi connectivity index (χ0n) is 7.47. The van der Waals surface area contributed by atoms with Crippen LogP contribution < -0.4 is 5.73 Å². The number of anilines is 1. The molecule has 1 unspecified atom stereocenters. The normalized spacial score (nSPS) is 12.1. The Kier molecular flexibility index (Phi) is 3.52. The lowest BCUT2D eigenvalue weighted by Crippen LogP contribution is -2.14. The zero-order chi connectivity index (χ0) is 10.6. The third kappa shape index (κ3) is 2.25. The first-order chi connectivity index (χ1) is 6.69. The molecule has 1 heterocycles. The van der Waals surface area contributed by atoms with E-state index in [2.05, 4.69) is 14.9 Å². The Bertz CT molecular complexity index is 339. The number of ether oxygens (including phenoxy) is 1. The summed E-state index contributed by atoms with van der Waals surface area (Å²) in [6.07, 6.45) is 0. The van der Waals surface area contributed by atoms with Crippen LogP contribution in [-0.2, 0) is 9.53 Å². The minimum absolute atomic E-state index is 0.199.